The van der Waals surface area contributed by atoms with Crippen LogP contribution < -0.4 is 5.73 Å². The molecule has 1 aromatic rings. The van der Waals surface area contributed by atoms with Crippen LogP contribution in [-0.2, 0) is 17.7 Å². The topological polar surface area (TPSA) is 70.1 Å². The van der Waals surface area contributed by atoms with E-state index in [9.17, 15) is 4.79 Å². The lowest BCUT2D eigenvalue weighted by Crippen LogP contribution is -2.32. The Labute approximate surface area is 88.2 Å². The van der Waals surface area contributed by atoms with Crippen LogP contribution in [0.3, 0.4) is 0 Å². The largest absolute Gasteiger partial charge is 0.461 e. The minimum absolute atomic E-state index is 0.162. The molecule has 1 aliphatic rings. The maximum absolute atomic E-state index is 11.5. The van der Waals surface area contributed by atoms with Crippen molar-refractivity contribution in [3.63, 3.8) is 0 Å². The minimum atomic E-state index is -0.299. The summed E-state index contributed by atoms with van der Waals surface area (Å²) < 4.78 is 6.85. The van der Waals surface area contributed by atoms with Gasteiger partial charge in [-0.3, -0.25) is 0 Å². The third-order valence-corrected chi connectivity index (χ3v) is 2.59. The molecule has 0 radical (unpaired) electrons. The lowest BCUT2D eigenvalue weighted by molar-refractivity contribution is 0.0512. The van der Waals surface area contributed by atoms with E-state index in [1.807, 2.05) is 4.57 Å². The quantitative estimate of drug-likeness (QED) is 0.713. The SMILES string of the molecule is CCOC(=O)c1cnc2n1CCC(N)C2. The Balaban J connectivity index is 2.24. The van der Waals surface area contributed by atoms with Crippen molar-refractivity contribution in [3.8, 4) is 0 Å². The van der Waals surface area contributed by atoms with Gasteiger partial charge in [-0.25, -0.2) is 9.78 Å². The molecule has 1 atom stereocenters. The minimum Gasteiger partial charge on any atom is -0.461 e. The number of carbonyl (C=O) groups excluding carboxylic acids is 1. The second kappa shape index (κ2) is 4.02. The van der Waals surface area contributed by atoms with Gasteiger partial charge in [0.2, 0.25) is 0 Å². The van der Waals surface area contributed by atoms with E-state index in [0.29, 0.717) is 12.3 Å². The van der Waals surface area contributed by atoms with E-state index in [1.165, 1.54) is 0 Å². The fourth-order valence-electron chi connectivity index (χ4n) is 1.83. The van der Waals surface area contributed by atoms with Crippen LogP contribution >= 0.6 is 0 Å². The average molecular weight is 209 g/mol. The Bertz CT molecular complexity index is 373. The molecule has 2 rings (SSSR count). The molecule has 82 valence electrons. The second-order valence-electron chi connectivity index (χ2n) is 3.68. The number of esters is 1. The van der Waals surface area contributed by atoms with Gasteiger partial charge < -0.3 is 15.0 Å². The van der Waals surface area contributed by atoms with Crippen LogP contribution in [0.15, 0.2) is 6.20 Å². The fraction of sp³-hybridized carbons (Fsp3) is 0.600. The molecule has 15 heavy (non-hydrogen) atoms. The Morgan fingerprint density at radius 1 is 1.80 bits per heavy atom. The Kier molecular flexibility index (Phi) is 2.73. The predicted molar refractivity (Wildman–Crippen MR) is 54.5 cm³/mol. The normalized spacial score (nSPS) is 19.7. The van der Waals surface area contributed by atoms with Crippen molar-refractivity contribution in [2.75, 3.05) is 6.61 Å². The van der Waals surface area contributed by atoms with Gasteiger partial charge in [0.05, 0.1) is 12.8 Å². The van der Waals surface area contributed by atoms with Gasteiger partial charge in [0, 0.05) is 19.0 Å². The smallest absolute Gasteiger partial charge is 0.356 e. The van der Waals surface area contributed by atoms with Crippen molar-refractivity contribution >= 4 is 5.97 Å². The maximum Gasteiger partial charge on any atom is 0.356 e. The summed E-state index contributed by atoms with van der Waals surface area (Å²) in [6.07, 6.45) is 3.19. The highest BCUT2D eigenvalue weighted by Crippen LogP contribution is 2.16. The molecular formula is C10H15N3O2. The predicted octanol–water partition coefficient (Wildman–Crippen LogP) is 0.333. The van der Waals surface area contributed by atoms with Gasteiger partial charge in [0.1, 0.15) is 11.5 Å². The Morgan fingerprint density at radius 3 is 3.33 bits per heavy atom. The summed E-state index contributed by atoms with van der Waals surface area (Å²) in [4.78, 5) is 15.7. The van der Waals surface area contributed by atoms with Crippen LogP contribution in [-0.4, -0.2) is 28.2 Å². The zero-order chi connectivity index (χ0) is 10.8. The van der Waals surface area contributed by atoms with Gasteiger partial charge in [-0.2, -0.15) is 0 Å². The molecule has 0 spiro atoms. The third kappa shape index (κ3) is 1.87. The van der Waals surface area contributed by atoms with Crippen LogP contribution in [0.1, 0.15) is 29.7 Å². The highest BCUT2D eigenvalue weighted by molar-refractivity contribution is 5.87. The Hall–Kier alpha value is -1.36. The fourth-order valence-corrected chi connectivity index (χ4v) is 1.83. The number of hydrogen-bond donors (Lipinski definition) is 1. The van der Waals surface area contributed by atoms with E-state index in [1.54, 1.807) is 13.1 Å². The highest BCUT2D eigenvalue weighted by atomic mass is 16.5. The van der Waals surface area contributed by atoms with Gasteiger partial charge in [-0.15, -0.1) is 0 Å². The van der Waals surface area contributed by atoms with Crippen molar-refractivity contribution in [1.82, 2.24) is 9.55 Å². The summed E-state index contributed by atoms with van der Waals surface area (Å²) in [5.74, 6) is 0.587. The van der Waals surface area contributed by atoms with E-state index in [0.717, 1.165) is 25.2 Å². The summed E-state index contributed by atoms with van der Waals surface area (Å²) in [5.41, 5.74) is 6.36. The number of nitrogens with two attached hydrogens (primary N) is 1. The molecule has 1 aromatic heterocycles. The third-order valence-electron chi connectivity index (χ3n) is 2.59. The lowest BCUT2D eigenvalue weighted by Gasteiger charge is -2.20. The number of rotatable bonds is 2. The molecule has 5 nitrogen and oxygen atoms in total. The van der Waals surface area contributed by atoms with Gasteiger partial charge in [0.25, 0.3) is 0 Å². The molecule has 0 saturated carbocycles. The van der Waals surface area contributed by atoms with Crippen molar-refractivity contribution in [1.29, 1.82) is 0 Å². The average Bonchev–Trinajstić information content (AvgIpc) is 2.60. The van der Waals surface area contributed by atoms with Crippen molar-refractivity contribution in [2.24, 2.45) is 5.73 Å². The number of ether oxygens (including phenoxy) is 1. The summed E-state index contributed by atoms with van der Waals surface area (Å²) in [5, 5.41) is 0. The summed E-state index contributed by atoms with van der Waals surface area (Å²) in [6.45, 7) is 2.94. The molecule has 2 N–H and O–H groups in total. The zero-order valence-electron chi connectivity index (χ0n) is 8.77. The monoisotopic (exact) mass is 209 g/mol. The van der Waals surface area contributed by atoms with Gasteiger partial charge in [-0.1, -0.05) is 0 Å². The number of hydrogen-bond acceptors (Lipinski definition) is 4. The first-order chi connectivity index (χ1) is 7.22. The number of aromatic nitrogens is 2. The first-order valence-corrected chi connectivity index (χ1v) is 5.19. The molecule has 1 aliphatic heterocycles. The molecule has 0 aliphatic carbocycles. The second-order valence-corrected chi connectivity index (χ2v) is 3.68. The van der Waals surface area contributed by atoms with Gasteiger partial charge >= 0.3 is 5.97 Å². The number of carbonyl (C=O) groups is 1. The van der Waals surface area contributed by atoms with Gasteiger partial charge in [-0.05, 0) is 13.3 Å². The molecule has 0 saturated heterocycles. The molecule has 2 heterocycles. The maximum atomic E-state index is 11.5. The van der Waals surface area contributed by atoms with Crippen LogP contribution in [0.5, 0.6) is 0 Å². The number of nitrogens with zero attached hydrogens (tertiary/aromatic N) is 2. The number of imidazole rings is 1. The summed E-state index contributed by atoms with van der Waals surface area (Å²) in [6, 6.07) is 0.162. The van der Waals surface area contributed by atoms with Crippen molar-refractivity contribution in [3.05, 3.63) is 17.7 Å². The van der Waals surface area contributed by atoms with Crippen LogP contribution in [0.2, 0.25) is 0 Å². The van der Waals surface area contributed by atoms with Crippen LogP contribution in [0.25, 0.3) is 0 Å². The van der Waals surface area contributed by atoms with E-state index in [4.69, 9.17) is 10.5 Å². The van der Waals surface area contributed by atoms with Gasteiger partial charge in [0.15, 0.2) is 0 Å². The van der Waals surface area contributed by atoms with Crippen molar-refractivity contribution in [2.45, 2.75) is 32.4 Å². The molecule has 0 aromatic carbocycles. The Morgan fingerprint density at radius 2 is 2.60 bits per heavy atom. The van der Waals surface area contributed by atoms with E-state index >= 15 is 0 Å². The highest BCUT2D eigenvalue weighted by Gasteiger charge is 2.22. The zero-order valence-corrected chi connectivity index (χ0v) is 8.77. The first kappa shape index (κ1) is 10.2. The lowest BCUT2D eigenvalue weighted by atomic mass is 10.1. The molecule has 0 bridgehead atoms. The summed E-state index contributed by atoms with van der Waals surface area (Å²) in [7, 11) is 0. The van der Waals surface area contributed by atoms with E-state index < -0.39 is 0 Å². The molecule has 1 unspecified atom stereocenters. The molecule has 0 fully saturated rings. The molecule has 5 heteroatoms. The standard InChI is InChI=1S/C10H15N3O2/c1-2-15-10(14)8-6-12-9-5-7(11)3-4-13(8)9/h6-7H,2-5,11H2,1H3. The van der Waals surface area contributed by atoms with Crippen LogP contribution in [0.4, 0.5) is 0 Å². The first-order valence-electron chi connectivity index (χ1n) is 5.19. The summed E-state index contributed by atoms with van der Waals surface area (Å²) >= 11 is 0. The number of fused-ring (bicyclic) bond motifs is 1. The molecule has 0 amide bonds. The molecular weight excluding hydrogens is 194 g/mol. The van der Waals surface area contributed by atoms with Crippen LogP contribution in [0, 0.1) is 0 Å². The van der Waals surface area contributed by atoms with E-state index in [2.05, 4.69) is 4.98 Å². The van der Waals surface area contributed by atoms with E-state index in [-0.39, 0.29) is 12.0 Å². The van der Waals surface area contributed by atoms with Crippen molar-refractivity contribution < 1.29 is 9.53 Å².